The van der Waals surface area contributed by atoms with Gasteiger partial charge in [-0.1, -0.05) is 6.07 Å². The Morgan fingerprint density at radius 3 is 2.63 bits per heavy atom. The highest BCUT2D eigenvalue weighted by atomic mass is 19.3. The van der Waals surface area contributed by atoms with Crippen LogP contribution in [-0.4, -0.2) is 70.4 Å². The number of nitrogen functional groups attached to an aromatic ring is 1. The fraction of sp³-hybridized carbons (Fsp3) is 0.423. The van der Waals surface area contributed by atoms with E-state index in [0.29, 0.717) is 42.2 Å². The van der Waals surface area contributed by atoms with Crippen LogP contribution in [0, 0.1) is 0 Å². The largest absolute Gasteiger partial charge is 0.384 e. The molecule has 12 heteroatoms. The lowest BCUT2D eigenvalue weighted by atomic mass is 10.1. The quantitative estimate of drug-likeness (QED) is 0.386. The Kier molecular flexibility index (Phi) is 8.30. The Hall–Kier alpha value is -3.93. The summed E-state index contributed by atoms with van der Waals surface area (Å²) in [6.07, 6.45) is 0.924. The summed E-state index contributed by atoms with van der Waals surface area (Å²) in [4.78, 5) is 48.4. The zero-order valence-corrected chi connectivity index (χ0v) is 21.3. The van der Waals surface area contributed by atoms with Gasteiger partial charge in [0.2, 0.25) is 11.3 Å². The van der Waals surface area contributed by atoms with Gasteiger partial charge in [0, 0.05) is 32.4 Å². The number of carbonyl (C=O) groups excluding carboxylic acids is 2. The average molecular weight is 528 g/mol. The van der Waals surface area contributed by atoms with Crippen molar-refractivity contribution in [3.05, 3.63) is 51.8 Å². The molecular formula is C26H31F2N7O3. The predicted molar refractivity (Wildman–Crippen MR) is 140 cm³/mol. The number of halogens is 2. The number of anilines is 1. The Bertz CT molecular complexity index is 1390. The lowest BCUT2D eigenvalue weighted by molar-refractivity contribution is -0.120. The third-order valence-corrected chi connectivity index (χ3v) is 6.78. The van der Waals surface area contributed by atoms with Crippen LogP contribution in [0.3, 0.4) is 0 Å². The monoisotopic (exact) mass is 527 g/mol. The van der Waals surface area contributed by atoms with Crippen LogP contribution >= 0.6 is 0 Å². The number of nitrogens with two attached hydrogens (primary N) is 1. The molecule has 4 N–H and O–H groups in total. The molecule has 3 aromatic heterocycles. The Balaban J connectivity index is 1.48. The number of pyridine rings is 3. The molecule has 0 bridgehead atoms. The van der Waals surface area contributed by atoms with E-state index in [9.17, 15) is 23.2 Å². The minimum absolute atomic E-state index is 0.0400. The maximum Gasteiger partial charge on any atom is 0.258 e. The summed E-state index contributed by atoms with van der Waals surface area (Å²) in [6, 6.07) is 6.67. The summed E-state index contributed by atoms with van der Waals surface area (Å²) in [5, 5.41) is 5.56. The van der Waals surface area contributed by atoms with Crippen LogP contribution in [0.5, 0.6) is 0 Å². The highest BCUT2D eigenvalue weighted by Crippen LogP contribution is 2.22. The van der Waals surface area contributed by atoms with Gasteiger partial charge in [0.05, 0.1) is 29.7 Å². The normalized spacial score (nSPS) is 15.8. The minimum atomic E-state index is -2.39. The van der Waals surface area contributed by atoms with E-state index in [1.54, 1.807) is 39.9 Å². The topological polar surface area (TPSA) is 135 Å². The second-order valence-corrected chi connectivity index (χ2v) is 9.20. The van der Waals surface area contributed by atoms with E-state index < -0.39 is 17.8 Å². The first-order valence-corrected chi connectivity index (χ1v) is 12.5. The fourth-order valence-electron chi connectivity index (χ4n) is 4.84. The smallest absolute Gasteiger partial charge is 0.258 e. The number of aryl methyl sites for hydroxylation is 1. The number of rotatable bonds is 9. The van der Waals surface area contributed by atoms with Crippen LogP contribution in [0.25, 0.3) is 22.4 Å². The van der Waals surface area contributed by atoms with Gasteiger partial charge in [0.15, 0.2) is 0 Å². The molecular weight excluding hydrogens is 496 g/mol. The summed E-state index contributed by atoms with van der Waals surface area (Å²) in [5.74, 6) is -0.726. The second kappa shape index (κ2) is 11.6. The maximum atomic E-state index is 12.9. The van der Waals surface area contributed by atoms with Crippen molar-refractivity contribution in [1.29, 1.82) is 0 Å². The lowest BCUT2D eigenvalue weighted by Gasteiger charge is -2.24. The molecule has 3 aromatic rings. The van der Waals surface area contributed by atoms with Crippen molar-refractivity contribution >= 4 is 28.7 Å². The van der Waals surface area contributed by atoms with Gasteiger partial charge in [-0.05, 0) is 50.1 Å². The van der Waals surface area contributed by atoms with Crippen LogP contribution in [0.2, 0.25) is 0 Å². The molecule has 0 unspecified atom stereocenters. The van der Waals surface area contributed by atoms with Crippen molar-refractivity contribution in [2.45, 2.75) is 45.2 Å². The van der Waals surface area contributed by atoms with Gasteiger partial charge in [-0.25, -0.2) is 13.8 Å². The van der Waals surface area contributed by atoms with Gasteiger partial charge in [0.1, 0.15) is 17.0 Å². The van der Waals surface area contributed by atoms with E-state index in [0.717, 1.165) is 12.8 Å². The first-order valence-electron chi connectivity index (χ1n) is 12.5. The first kappa shape index (κ1) is 27.1. The number of nitrogens with zero attached hydrogens (tertiary/aromatic N) is 4. The van der Waals surface area contributed by atoms with E-state index in [-0.39, 0.29) is 41.7 Å². The van der Waals surface area contributed by atoms with Crippen molar-refractivity contribution in [2.24, 2.45) is 0 Å². The van der Waals surface area contributed by atoms with E-state index in [4.69, 9.17) is 5.73 Å². The third-order valence-electron chi connectivity index (χ3n) is 6.78. The zero-order chi connectivity index (χ0) is 27.4. The Labute approximate surface area is 218 Å². The van der Waals surface area contributed by atoms with E-state index >= 15 is 0 Å². The summed E-state index contributed by atoms with van der Waals surface area (Å²) >= 11 is 0. The number of aromatic nitrogens is 3. The Morgan fingerprint density at radius 2 is 1.97 bits per heavy atom. The predicted octanol–water partition coefficient (Wildman–Crippen LogP) is 1.81. The molecule has 1 fully saturated rings. The van der Waals surface area contributed by atoms with Gasteiger partial charge >= 0.3 is 0 Å². The molecule has 0 spiro atoms. The summed E-state index contributed by atoms with van der Waals surface area (Å²) in [7, 11) is 1.43. The van der Waals surface area contributed by atoms with Crippen LogP contribution in [0.1, 0.15) is 35.7 Å². The lowest BCUT2D eigenvalue weighted by Crippen LogP contribution is -2.42. The van der Waals surface area contributed by atoms with E-state index in [1.807, 2.05) is 6.92 Å². The molecule has 10 nitrogen and oxygen atoms in total. The van der Waals surface area contributed by atoms with E-state index in [2.05, 4.69) is 20.6 Å². The summed E-state index contributed by atoms with van der Waals surface area (Å²) < 4.78 is 27.1. The highest BCUT2D eigenvalue weighted by molar-refractivity contribution is 6.01. The molecule has 202 valence electrons. The number of likely N-dealkylation sites (tertiary alicyclic amines) is 1. The maximum absolute atomic E-state index is 12.9. The number of hydrogen-bond donors (Lipinski definition) is 3. The molecule has 0 saturated carbocycles. The van der Waals surface area contributed by atoms with Crippen molar-refractivity contribution in [2.75, 3.05) is 32.4 Å². The van der Waals surface area contributed by atoms with Gasteiger partial charge < -0.3 is 20.9 Å². The molecule has 0 radical (unpaired) electrons. The van der Waals surface area contributed by atoms with Crippen LogP contribution < -0.4 is 21.8 Å². The van der Waals surface area contributed by atoms with Crippen molar-refractivity contribution < 1.29 is 18.4 Å². The number of carbonyl (C=O) groups is 2. The molecule has 0 aliphatic carbocycles. The van der Waals surface area contributed by atoms with Gasteiger partial charge in [-0.2, -0.15) is 0 Å². The molecule has 38 heavy (non-hydrogen) atoms. The van der Waals surface area contributed by atoms with Gasteiger partial charge in [-0.3, -0.25) is 24.3 Å². The van der Waals surface area contributed by atoms with Crippen molar-refractivity contribution in [3.63, 3.8) is 0 Å². The molecule has 4 heterocycles. The van der Waals surface area contributed by atoms with Crippen LogP contribution in [-0.2, 0) is 17.8 Å². The summed E-state index contributed by atoms with van der Waals surface area (Å²) in [5.41, 5.74) is 7.62. The summed E-state index contributed by atoms with van der Waals surface area (Å²) in [6.45, 7) is 2.91. The van der Waals surface area contributed by atoms with Crippen molar-refractivity contribution in [1.82, 2.24) is 30.1 Å². The van der Waals surface area contributed by atoms with Crippen LogP contribution in [0.15, 0.2) is 35.3 Å². The van der Waals surface area contributed by atoms with Crippen LogP contribution in [0.4, 0.5) is 14.6 Å². The first-order chi connectivity index (χ1) is 18.2. The van der Waals surface area contributed by atoms with Gasteiger partial charge in [0.25, 0.3) is 12.3 Å². The second-order valence-electron chi connectivity index (χ2n) is 9.20. The zero-order valence-electron chi connectivity index (χ0n) is 21.3. The number of nitrogens with one attached hydrogen (secondary N) is 2. The molecule has 1 aliphatic heterocycles. The molecule has 1 saturated heterocycles. The third kappa shape index (κ3) is 5.64. The molecule has 1 aliphatic rings. The molecule has 4 rings (SSSR count). The van der Waals surface area contributed by atoms with Crippen molar-refractivity contribution in [3.8, 4) is 11.4 Å². The number of amides is 2. The SMILES string of the molecule is CCn1c(N)c(C(=O)NC)c(=O)c2ccc(-c3ccc(CC(=O)NC[C@H]4CCCN4CC(F)F)cn3)nc21. The molecule has 0 aromatic carbocycles. The number of fused-ring (bicyclic) bond motifs is 1. The molecule has 2 amide bonds. The van der Waals surface area contributed by atoms with E-state index in [1.165, 1.54) is 7.05 Å². The standard InChI is InChI=1S/C26H31F2N7O3/c1-3-35-24(29)22(26(38)30-2)23(37)17-7-9-19(33-25(17)35)18-8-6-15(12-31-18)11-21(36)32-13-16-5-4-10-34(16)14-20(27)28/h6-9,12,16,20H,3-5,10-11,13-14,29H2,1-2H3,(H,30,38)(H,32,36)/t16-/m1/s1. The number of alkyl halides is 2. The minimum Gasteiger partial charge on any atom is -0.384 e. The Morgan fingerprint density at radius 1 is 1.21 bits per heavy atom. The highest BCUT2D eigenvalue weighted by Gasteiger charge is 2.27. The number of hydrogen-bond acceptors (Lipinski definition) is 7. The molecule has 1 atom stereocenters. The average Bonchev–Trinajstić information content (AvgIpc) is 3.34. The van der Waals surface area contributed by atoms with Gasteiger partial charge in [-0.15, -0.1) is 0 Å². The fourth-order valence-corrected chi connectivity index (χ4v) is 4.84.